The van der Waals surface area contributed by atoms with Gasteiger partial charge in [-0.15, -0.1) is 0 Å². The van der Waals surface area contributed by atoms with Crippen molar-refractivity contribution < 1.29 is 13.2 Å². The van der Waals surface area contributed by atoms with Gasteiger partial charge in [-0.05, 0) is 25.0 Å². The predicted molar refractivity (Wildman–Crippen MR) is 80.5 cm³/mol. The maximum Gasteiger partial charge on any atom is 0.235 e. The van der Waals surface area contributed by atoms with E-state index in [-0.39, 0.29) is 18.5 Å². The highest BCUT2D eigenvalue weighted by Gasteiger charge is 2.22. The third-order valence-corrected chi connectivity index (χ3v) is 3.92. The first-order chi connectivity index (χ1) is 9.94. The summed E-state index contributed by atoms with van der Waals surface area (Å²) in [5.41, 5.74) is 0. The SMILES string of the molecule is CS(=O)(=O)NCC(=O)N[C@H]1CCCN(c2ccccn2)C1. The Hall–Kier alpha value is -1.67. The van der Waals surface area contributed by atoms with Gasteiger partial charge in [0.1, 0.15) is 5.82 Å². The van der Waals surface area contributed by atoms with Crippen LogP contribution in [0.1, 0.15) is 12.8 Å². The summed E-state index contributed by atoms with van der Waals surface area (Å²) in [6.45, 7) is 1.37. The van der Waals surface area contributed by atoms with Crippen molar-refractivity contribution in [2.24, 2.45) is 0 Å². The molecule has 21 heavy (non-hydrogen) atoms. The second-order valence-corrected chi connectivity index (χ2v) is 6.97. The number of carbonyl (C=O) groups is 1. The van der Waals surface area contributed by atoms with Gasteiger partial charge in [0.05, 0.1) is 12.8 Å². The van der Waals surface area contributed by atoms with E-state index in [0.29, 0.717) is 6.54 Å². The minimum Gasteiger partial charge on any atom is -0.355 e. The van der Waals surface area contributed by atoms with Gasteiger partial charge in [0.2, 0.25) is 15.9 Å². The average Bonchev–Trinajstić information content (AvgIpc) is 2.46. The molecule has 7 nitrogen and oxygen atoms in total. The molecule has 1 atom stereocenters. The molecule has 0 radical (unpaired) electrons. The highest BCUT2D eigenvalue weighted by Crippen LogP contribution is 2.16. The summed E-state index contributed by atoms with van der Waals surface area (Å²) in [7, 11) is -3.35. The number of piperidine rings is 1. The number of hydrogen-bond donors (Lipinski definition) is 2. The molecule has 1 fully saturated rings. The summed E-state index contributed by atoms with van der Waals surface area (Å²) in [4.78, 5) is 18.2. The maximum absolute atomic E-state index is 11.7. The van der Waals surface area contributed by atoms with Crippen molar-refractivity contribution in [2.45, 2.75) is 18.9 Å². The summed E-state index contributed by atoms with van der Waals surface area (Å²) >= 11 is 0. The lowest BCUT2D eigenvalue weighted by Crippen LogP contribution is -2.50. The summed E-state index contributed by atoms with van der Waals surface area (Å²) in [6, 6.07) is 5.74. The van der Waals surface area contributed by atoms with Crippen molar-refractivity contribution >= 4 is 21.7 Å². The molecule has 0 aliphatic carbocycles. The average molecular weight is 312 g/mol. The Morgan fingerprint density at radius 1 is 1.48 bits per heavy atom. The molecule has 8 heteroatoms. The quantitative estimate of drug-likeness (QED) is 0.780. The second kappa shape index (κ2) is 6.86. The summed E-state index contributed by atoms with van der Waals surface area (Å²) in [5.74, 6) is 0.582. The number of rotatable bonds is 5. The van der Waals surface area contributed by atoms with Gasteiger partial charge in [0.15, 0.2) is 0 Å². The van der Waals surface area contributed by atoms with E-state index in [1.54, 1.807) is 6.20 Å². The fraction of sp³-hybridized carbons (Fsp3) is 0.538. The number of nitrogens with zero attached hydrogens (tertiary/aromatic N) is 2. The van der Waals surface area contributed by atoms with Gasteiger partial charge in [-0.2, -0.15) is 0 Å². The lowest BCUT2D eigenvalue weighted by Gasteiger charge is -2.33. The Kier molecular flexibility index (Phi) is 5.13. The van der Waals surface area contributed by atoms with Gasteiger partial charge in [0, 0.05) is 25.3 Å². The van der Waals surface area contributed by atoms with Crippen molar-refractivity contribution in [2.75, 3.05) is 30.8 Å². The zero-order valence-corrected chi connectivity index (χ0v) is 12.8. The van der Waals surface area contributed by atoms with E-state index in [0.717, 1.165) is 31.5 Å². The first-order valence-corrected chi connectivity index (χ1v) is 8.73. The van der Waals surface area contributed by atoms with E-state index in [2.05, 4.69) is 19.9 Å². The molecule has 1 aliphatic heterocycles. The summed E-state index contributed by atoms with van der Waals surface area (Å²) in [5, 5.41) is 2.86. The van der Waals surface area contributed by atoms with Crippen molar-refractivity contribution in [3.8, 4) is 0 Å². The zero-order valence-electron chi connectivity index (χ0n) is 11.9. The van der Waals surface area contributed by atoms with E-state index in [9.17, 15) is 13.2 Å². The van der Waals surface area contributed by atoms with Crippen molar-refractivity contribution in [3.63, 3.8) is 0 Å². The number of hydrogen-bond acceptors (Lipinski definition) is 5. The van der Waals surface area contributed by atoms with E-state index < -0.39 is 10.0 Å². The number of nitrogens with one attached hydrogen (secondary N) is 2. The molecule has 116 valence electrons. The molecule has 1 aliphatic rings. The maximum atomic E-state index is 11.7. The van der Waals surface area contributed by atoms with Gasteiger partial charge in [-0.25, -0.2) is 18.1 Å². The summed E-state index contributed by atoms with van der Waals surface area (Å²) < 4.78 is 24.1. The van der Waals surface area contributed by atoms with Gasteiger partial charge in [-0.3, -0.25) is 4.79 Å². The highest BCUT2D eigenvalue weighted by atomic mass is 32.2. The first kappa shape index (κ1) is 15.7. The molecule has 2 N–H and O–H groups in total. The number of aromatic nitrogens is 1. The van der Waals surface area contributed by atoms with E-state index in [1.165, 1.54) is 0 Å². The first-order valence-electron chi connectivity index (χ1n) is 6.84. The third kappa shape index (κ3) is 5.31. The van der Waals surface area contributed by atoms with Crippen LogP contribution in [0.25, 0.3) is 0 Å². The number of anilines is 1. The molecule has 2 heterocycles. The molecular weight excluding hydrogens is 292 g/mol. The minimum absolute atomic E-state index is 0.00890. The van der Waals surface area contributed by atoms with Gasteiger partial charge in [-0.1, -0.05) is 6.07 Å². The van der Waals surface area contributed by atoms with E-state index in [4.69, 9.17) is 0 Å². The van der Waals surface area contributed by atoms with Crippen LogP contribution >= 0.6 is 0 Å². The van der Waals surface area contributed by atoms with Gasteiger partial charge < -0.3 is 10.2 Å². The monoisotopic (exact) mass is 312 g/mol. The van der Waals surface area contributed by atoms with Crippen LogP contribution in [0.3, 0.4) is 0 Å². The Morgan fingerprint density at radius 2 is 2.29 bits per heavy atom. The number of amides is 1. The molecule has 0 spiro atoms. The fourth-order valence-corrected chi connectivity index (χ4v) is 2.71. The Labute approximate surface area is 124 Å². The Balaban J connectivity index is 1.85. The van der Waals surface area contributed by atoms with Crippen LogP contribution in [0.4, 0.5) is 5.82 Å². The van der Waals surface area contributed by atoms with Crippen LogP contribution in [0.15, 0.2) is 24.4 Å². The molecule has 1 aromatic heterocycles. The molecule has 0 unspecified atom stereocenters. The molecule has 1 saturated heterocycles. The highest BCUT2D eigenvalue weighted by molar-refractivity contribution is 7.88. The van der Waals surface area contributed by atoms with Gasteiger partial charge >= 0.3 is 0 Å². The summed E-state index contributed by atoms with van der Waals surface area (Å²) in [6.07, 6.45) is 4.62. The van der Waals surface area contributed by atoms with E-state index >= 15 is 0 Å². The number of pyridine rings is 1. The largest absolute Gasteiger partial charge is 0.355 e. The van der Waals surface area contributed by atoms with Crippen LogP contribution < -0.4 is 14.9 Å². The number of sulfonamides is 1. The van der Waals surface area contributed by atoms with E-state index in [1.807, 2.05) is 18.2 Å². The molecule has 1 amide bonds. The van der Waals surface area contributed by atoms with Crippen LogP contribution in [-0.2, 0) is 14.8 Å². The fourth-order valence-electron chi connectivity index (χ4n) is 2.32. The smallest absolute Gasteiger partial charge is 0.235 e. The Morgan fingerprint density at radius 3 is 2.95 bits per heavy atom. The molecule has 0 saturated carbocycles. The van der Waals surface area contributed by atoms with Crippen LogP contribution in [0.5, 0.6) is 0 Å². The minimum atomic E-state index is -3.35. The van der Waals surface area contributed by atoms with Crippen molar-refractivity contribution in [1.82, 2.24) is 15.0 Å². The topological polar surface area (TPSA) is 91.4 Å². The van der Waals surface area contributed by atoms with Crippen LogP contribution in [0.2, 0.25) is 0 Å². The zero-order chi connectivity index (χ0) is 15.3. The predicted octanol–water partition coefficient (Wildman–Crippen LogP) is -0.284. The Bertz CT molecular complexity index is 576. The molecule has 0 aromatic carbocycles. The lowest BCUT2D eigenvalue weighted by atomic mass is 10.1. The normalized spacial score (nSPS) is 19.3. The third-order valence-electron chi connectivity index (χ3n) is 3.25. The van der Waals surface area contributed by atoms with Crippen LogP contribution in [-0.4, -0.2) is 51.2 Å². The molecular formula is C13H20N4O3S. The van der Waals surface area contributed by atoms with Crippen LogP contribution in [0, 0.1) is 0 Å². The standard InChI is InChI=1S/C13H20N4O3S/c1-21(19,20)15-9-13(18)16-11-5-4-8-17(10-11)12-6-2-3-7-14-12/h2-3,6-7,11,15H,4-5,8-10H2,1H3,(H,16,18)/t11-/m0/s1. The lowest BCUT2D eigenvalue weighted by molar-refractivity contribution is -0.120. The molecule has 0 bridgehead atoms. The molecule has 2 rings (SSSR count). The van der Waals surface area contributed by atoms with Crippen molar-refractivity contribution in [1.29, 1.82) is 0 Å². The second-order valence-electron chi connectivity index (χ2n) is 5.13. The number of carbonyl (C=O) groups excluding carboxylic acids is 1. The molecule has 1 aromatic rings. The van der Waals surface area contributed by atoms with Crippen molar-refractivity contribution in [3.05, 3.63) is 24.4 Å². The van der Waals surface area contributed by atoms with Gasteiger partial charge in [0.25, 0.3) is 0 Å².